The van der Waals surface area contributed by atoms with Crippen LogP contribution < -0.4 is 5.73 Å². The van der Waals surface area contributed by atoms with Crippen molar-refractivity contribution in [3.8, 4) is 0 Å². The van der Waals surface area contributed by atoms with Crippen molar-refractivity contribution >= 4 is 23.4 Å². The minimum absolute atomic E-state index is 0.211. The van der Waals surface area contributed by atoms with Gasteiger partial charge in [-0.1, -0.05) is 11.6 Å². The van der Waals surface area contributed by atoms with E-state index in [0.717, 1.165) is 0 Å². The van der Waals surface area contributed by atoms with E-state index in [9.17, 15) is 9.59 Å². The molecule has 0 fully saturated rings. The molecule has 1 rings (SSSR count). The molecule has 0 aliphatic carbocycles. The number of hydrogen-bond donors (Lipinski definition) is 2. The standard InChI is InChI=1S/C10H10ClNO3/c11-7-3-1-6(2-4-7)9(13)5-8(12)10(14)15/h1-4,8H,5,12H2,(H,14,15). The maximum absolute atomic E-state index is 11.5. The highest BCUT2D eigenvalue weighted by Crippen LogP contribution is 2.11. The first-order valence-corrected chi connectivity index (χ1v) is 4.65. The molecule has 1 atom stereocenters. The molecule has 15 heavy (non-hydrogen) atoms. The molecule has 0 saturated carbocycles. The first kappa shape index (κ1) is 11.7. The molecular weight excluding hydrogens is 218 g/mol. The van der Waals surface area contributed by atoms with E-state index in [4.69, 9.17) is 22.4 Å². The van der Waals surface area contributed by atoms with Crippen molar-refractivity contribution in [1.29, 1.82) is 0 Å². The Bertz CT molecular complexity index is 375. The van der Waals surface area contributed by atoms with E-state index in [2.05, 4.69) is 0 Å². The van der Waals surface area contributed by atoms with E-state index >= 15 is 0 Å². The van der Waals surface area contributed by atoms with Crippen LogP contribution in [0.25, 0.3) is 0 Å². The number of carbonyl (C=O) groups excluding carboxylic acids is 1. The van der Waals surface area contributed by atoms with E-state index in [1.165, 1.54) is 0 Å². The zero-order chi connectivity index (χ0) is 11.4. The first-order chi connectivity index (χ1) is 7.00. The lowest BCUT2D eigenvalue weighted by atomic mass is 10.0. The first-order valence-electron chi connectivity index (χ1n) is 4.28. The van der Waals surface area contributed by atoms with E-state index in [0.29, 0.717) is 10.6 Å². The van der Waals surface area contributed by atoms with Gasteiger partial charge in [0.2, 0.25) is 0 Å². The fourth-order valence-electron chi connectivity index (χ4n) is 1.04. The van der Waals surface area contributed by atoms with Crippen LogP contribution in [0.2, 0.25) is 5.02 Å². The van der Waals surface area contributed by atoms with Gasteiger partial charge in [-0.25, -0.2) is 0 Å². The van der Waals surface area contributed by atoms with Crippen LogP contribution in [0, 0.1) is 0 Å². The van der Waals surface area contributed by atoms with Crippen molar-refractivity contribution in [3.05, 3.63) is 34.9 Å². The Balaban J connectivity index is 2.69. The second-order valence-corrected chi connectivity index (χ2v) is 3.52. The van der Waals surface area contributed by atoms with Crippen LogP contribution in [-0.2, 0) is 4.79 Å². The van der Waals surface area contributed by atoms with Crippen LogP contribution in [0.5, 0.6) is 0 Å². The Kier molecular flexibility index (Phi) is 3.82. The Hall–Kier alpha value is -1.39. The normalized spacial score (nSPS) is 12.1. The molecule has 80 valence electrons. The van der Waals surface area contributed by atoms with Gasteiger partial charge < -0.3 is 10.8 Å². The molecule has 4 nitrogen and oxygen atoms in total. The monoisotopic (exact) mass is 227 g/mol. The summed E-state index contributed by atoms with van der Waals surface area (Å²) < 4.78 is 0. The minimum atomic E-state index is -1.18. The largest absolute Gasteiger partial charge is 0.480 e. The fraction of sp³-hybridized carbons (Fsp3) is 0.200. The van der Waals surface area contributed by atoms with Gasteiger partial charge >= 0.3 is 5.97 Å². The molecule has 0 radical (unpaired) electrons. The van der Waals surface area contributed by atoms with Gasteiger partial charge in [-0.05, 0) is 24.3 Å². The van der Waals surface area contributed by atoms with Crippen molar-refractivity contribution in [1.82, 2.24) is 0 Å². The molecule has 0 aliphatic heterocycles. The molecule has 3 N–H and O–H groups in total. The topological polar surface area (TPSA) is 80.4 Å². The lowest BCUT2D eigenvalue weighted by Gasteiger charge is -2.05. The highest BCUT2D eigenvalue weighted by molar-refractivity contribution is 6.30. The Morgan fingerprint density at radius 2 is 1.87 bits per heavy atom. The average Bonchev–Trinajstić information content (AvgIpc) is 2.18. The van der Waals surface area contributed by atoms with Crippen LogP contribution in [0.4, 0.5) is 0 Å². The molecule has 0 heterocycles. The van der Waals surface area contributed by atoms with Gasteiger partial charge in [-0.3, -0.25) is 9.59 Å². The van der Waals surface area contributed by atoms with Crippen LogP contribution in [-0.4, -0.2) is 22.9 Å². The van der Waals surface area contributed by atoms with E-state index < -0.39 is 12.0 Å². The summed E-state index contributed by atoms with van der Waals surface area (Å²) in [7, 11) is 0. The van der Waals surface area contributed by atoms with Gasteiger partial charge in [0.25, 0.3) is 0 Å². The summed E-state index contributed by atoms with van der Waals surface area (Å²) in [6.45, 7) is 0. The molecule has 0 saturated heterocycles. The molecule has 5 heteroatoms. The average molecular weight is 228 g/mol. The number of nitrogens with two attached hydrogens (primary N) is 1. The third-order valence-electron chi connectivity index (χ3n) is 1.89. The van der Waals surface area contributed by atoms with Gasteiger partial charge in [0.15, 0.2) is 5.78 Å². The van der Waals surface area contributed by atoms with Gasteiger partial charge in [0, 0.05) is 17.0 Å². The predicted molar refractivity (Wildman–Crippen MR) is 56.0 cm³/mol. The number of ketones is 1. The second-order valence-electron chi connectivity index (χ2n) is 3.08. The fourth-order valence-corrected chi connectivity index (χ4v) is 1.17. The SMILES string of the molecule is NC(CC(=O)c1ccc(Cl)cc1)C(=O)O. The van der Waals surface area contributed by atoms with Crippen molar-refractivity contribution in [2.45, 2.75) is 12.5 Å². The highest BCUT2D eigenvalue weighted by Gasteiger charge is 2.17. The lowest BCUT2D eigenvalue weighted by molar-refractivity contribution is -0.138. The summed E-state index contributed by atoms with van der Waals surface area (Å²) in [4.78, 5) is 21.9. The van der Waals surface area contributed by atoms with E-state index in [1.54, 1.807) is 24.3 Å². The van der Waals surface area contributed by atoms with Crippen molar-refractivity contribution < 1.29 is 14.7 Å². The van der Waals surface area contributed by atoms with Crippen LogP contribution in [0.1, 0.15) is 16.8 Å². The number of carboxylic acids is 1. The molecule has 0 aliphatic rings. The summed E-state index contributed by atoms with van der Waals surface area (Å²) in [5, 5.41) is 9.05. The van der Waals surface area contributed by atoms with Gasteiger partial charge in [-0.15, -0.1) is 0 Å². The maximum atomic E-state index is 11.5. The summed E-state index contributed by atoms with van der Waals surface area (Å²) >= 11 is 5.64. The van der Waals surface area contributed by atoms with E-state index in [-0.39, 0.29) is 12.2 Å². The minimum Gasteiger partial charge on any atom is -0.480 e. The molecule has 1 aromatic rings. The number of carbonyl (C=O) groups is 2. The van der Waals surface area contributed by atoms with Gasteiger partial charge in [0.05, 0.1) is 0 Å². The number of rotatable bonds is 4. The number of carboxylic acid groups (broad SMARTS) is 1. The zero-order valence-corrected chi connectivity index (χ0v) is 8.57. The summed E-state index contributed by atoms with van der Waals surface area (Å²) in [5.74, 6) is -1.49. The summed E-state index contributed by atoms with van der Waals surface area (Å²) in [6, 6.07) is 5.06. The molecule has 0 amide bonds. The molecule has 0 aromatic heterocycles. The number of aliphatic carboxylic acids is 1. The van der Waals surface area contributed by atoms with Crippen LogP contribution in [0.15, 0.2) is 24.3 Å². The van der Waals surface area contributed by atoms with E-state index in [1.807, 2.05) is 0 Å². The van der Waals surface area contributed by atoms with Crippen molar-refractivity contribution in [2.24, 2.45) is 5.73 Å². The molecular formula is C10H10ClNO3. The molecule has 0 spiro atoms. The second kappa shape index (κ2) is 4.91. The molecule has 1 aromatic carbocycles. The van der Waals surface area contributed by atoms with Gasteiger partial charge in [-0.2, -0.15) is 0 Å². The van der Waals surface area contributed by atoms with Crippen LogP contribution in [0.3, 0.4) is 0 Å². The Labute approximate surface area is 91.7 Å². The van der Waals surface area contributed by atoms with Gasteiger partial charge in [0.1, 0.15) is 6.04 Å². The number of halogens is 1. The summed E-state index contributed by atoms with van der Waals surface area (Å²) in [6.07, 6.45) is -0.211. The Morgan fingerprint density at radius 3 is 2.33 bits per heavy atom. The van der Waals surface area contributed by atoms with Crippen molar-refractivity contribution in [3.63, 3.8) is 0 Å². The zero-order valence-electron chi connectivity index (χ0n) is 7.81. The molecule has 0 bridgehead atoms. The third-order valence-corrected chi connectivity index (χ3v) is 2.14. The molecule has 1 unspecified atom stereocenters. The number of Topliss-reactive ketones (excluding diaryl/α,β-unsaturated/α-hetero) is 1. The van der Waals surface area contributed by atoms with Crippen LogP contribution >= 0.6 is 11.6 Å². The highest BCUT2D eigenvalue weighted by atomic mass is 35.5. The maximum Gasteiger partial charge on any atom is 0.320 e. The predicted octanol–water partition coefficient (Wildman–Crippen LogP) is 1.32. The number of hydrogen-bond acceptors (Lipinski definition) is 3. The quantitative estimate of drug-likeness (QED) is 0.761. The van der Waals surface area contributed by atoms with Crippen molar-refractivity contribution in [2.75, 3.05) is 0 Å². The summed E-state index contributed by atoms with van der Waals surface area (Å²) in [5.41, 5.74) is 5.65. The Morgan fingerprint density at radius 1 is 1.33 bits per heavy atom. The lowest BCUT2D eigenvalue weighted by Crippen LogP contribution is -2.32. The third kappa shape index (κ3) is 3.34. The number of benzene rings is 1. The smallest absolute Gasteiger partial charge is 0.320 e.